The van der Waals surface area contributed by atoms with Gasteiger partial charge in [0.1, 0.15) is 6.54 Å². The van der Waals surface area contributed by atoms with Crippen molar-refractivity contribution in [2.75, 3.05) is 20.3 Å². The number of carbonyl (C=O) groups is 1. The predicted octanol–water partition coefficient (Wildman–Crippen LogP) is 0.263. The summed E-state index contributed by atoms with van der Waals surface area (Å²) in [6, 6.07) is 1.95. The fraction of sp³-hybridized carbons (Fsp3) is 0.600. The molecule has 0 aromatic carbocycles. The second kappa shape index (κ2) is 5.50. The van der Waals surface area contributed by atoms with E-state index in [4.69, 9.17) is 4.74 Å². The Hall–Kier alpha value is -1.36. The summed E-state index contributed by atoms with van der Waals surface area (Å²) in [5.74, 6) is -0.0433. The molecular formula is C10H17N3O2. The van der Waals surface area contributed by atoms with Gasteiger partial charge in [-0.05, 0) is 19.9 Å². The monoisotopic (exact) mass is 211 g/mol. The summed E-state index contributed by atoms with van der Waals surface area (Å²) in [7, 11) is 1.60. The molecule has 0 unspecified atom stereocenters. The van der Waals surface area contributed by atoms with Crippen LogP contribution in [0.3, 0.4) is 0 Å². The smallest absolute Gasteiger partial charge is 0.241 e. The molecule has 0 bridgehead atoms. The number of carbonyl (C=O) groups excluding carboxylic acids is 1. The molecule has 84 valence electrons. The molecule has 0 spiro atoms. The molecule has 0 atom stereocenters. The second-order valence-electron chi connectivity index (χ2n) is 3.43. The molecule has 15 heavy (non-hydrogen) atoms. The fourth-order valence-corrected chi connectivity index (χ4v) is 1.32. The van der Waals surface area contributed by atoms with E-state index in [0.717, 1.165) is 11.4 Å². The standard InChI is InChI=1S/C10H17N3O2/c1-8-6-9(2)13(12-8)7-10(14)11-4-5-15-3/h6H,4-5,7H2,1-3H3,(H,11,14). The van der Waals surface area contributed by atoms with Crippen LogP contribution < -0.4 is 5.32 Å². The van der Waals surface area contributed by atoms with Crippen LogP contribution in [0.4, 0.5) is 0 Å². The number of amides is 1. The van der Waals surface area contributed by atoms with Gasteiger partial charge in [-0.1, -0.05) is 0 Å². The maximum Gasteiger partial charge on any atom is 0.241 e. The van der Waals surface area contributed by atoms with E-state index in [1.807, 2.05) is 19.9 Å². The first kappa shape index (κ1) is 11.7. The number of hydrogen-bond donors (Lipinski definition) is 1. The van der Waals surface area contributed by atoms with Crippen LogP contribution >= 0.6 is 0 Å². The summed E-state index contributed by atoms with van der Waals surface area (Å²) in [6.07, 6.45) is 0. The van der Waals surface area contributed by atoms with E-state index in [0.29, 0.717) is 13.2 Å². The molecule has 5 heteroatoms. The Morgan fingerprint density at radius 1 is 1.60 bits per heavy atom. The number of aromatic nitrogens is 2. The van der Waals surface area contributed by atoms with Gasteiger partial charge >= 0.3 is 0 Å². The fourth-order valence-electron chi connectivity index (χ4n) is 1.32. The molecule has 5 nitrogen and oxygen atoms in total. The van der Waals surface area contributed by atoms with Gasteiger partial charge in [-0.2, -0.15) is 5.10 Å². The van der Waals surface area contributed by atoms with Crippen molar-refractivity contribution in [3.63, 3.8) is 0 Å². The van der Waals surface area contributed by atoms with E-state index < -0.39 is 0 Å². The molecule has 0 radical (unpaired) electrons. The number of rotatable bonds is 5. The van der Waals surface area contributed by atoms with Crippen LogP contribution in [-0.2, 0) is 16.1 Å². The summed E-state index contributed by atoms with van der Waals surface area (Å²) >= 11 is 0. The maximum absolute atomic E-state index is 11.4. The highest BCUT2D eigenvalue weighted by molar-refractivity contribution is 5.75. The number of nitrogens with zero attached hydrogens (tertiary/aromatic N) is 2. The second-order valence-corrected chi connectivity index (χ2v) is 3.43. The van der Waals surface area contributed by atoms with E-state index in [1.54, 1.807) is 11.8 Å². The van der Waals surface area contributed by atoms with Gasteiger partial charge in [-0.3, -0.25) is 9.48 Å². The van der Waals surface area contributed by atoms with E-state index >= 15 is 0 Å². The highest BCUT2D eigenvalue weighted by atomic mass is 16.5. The molecule has 1 heterocycles. The molecule has 0 saturated carbocycles. The van der Waals surface area contributed by atoms with Crippen molar-refractivity contribution < 1.29 is 9.53 Å². The Bertz CT molecular complexity index is 333. The zero-order valence-corrected chi connectivity index (χ0v) is 9.41. The Balaban J connectivity index is 2.41. The minimum absolute atomic E-state index is 0.0433. The van der Waals surface area contributed by atoms with E-state index in [9.17, 15) is 4.79 Å². The number of methoxy groups -OCH3 is 1. The highest BCUT2D eigenvalue weighted by Crippen LogP contribution is 2.00. The van der Waals surface area contributed by atoms with Crippen molar-refractivity contribution in [2.24, 2.45) is 0 Å². The van der Waals surface area contributed by atoms with Crippen LogP contribution in [0.25, 0.3) is 0 Å². The third-order valence-electron chi connectivity index (χ3n) is 2.03. The Morgan fingerprint density at radius 2 is 2.33 bits per heavy atom. The van der Waals surface area contributed by atoms with Gasteiger partial charge in [0, 0.05) is 19.3 Å². The van der Waals surface area contributed by atoms with Gasteiger partial charge in [-0.25, -0.2) is 0 Å². The van der Waals surface area contributed by atoms with Crippen LogP contribution in [0.2, 0.25) is 0 Å². The van der Waals surface area contributed by atoms with Crippen molar-refractivity contribution in [3.05, 3.63) is 17.5 Å². The van der Waals surface area contributed by atoms with Crippen LogP contribution in [0.15, 0.2) is 6.07 Å². The first-order valence-corrected chi connectivity index (χ1v) is 4.90. The van der Waals surface area contributed by atoms with E-state index in [-0.39, 0.29) is 12.5 Å². The lowest BCUT2D eigenvalue weighted by Crippen LogP contribution is -2.30. The Labute approximate surface area is 89.4 Å². The summed E-state index contributed by atoms with van der Waals surface area (Å²) < 4.78 is 6.53. The lowest BCUT2D eigenvalue weighted by Gasteiger charge is -2.05. The summed E-state index contributed by atoms with van der Waals surface area (Å²) in [4.78, 5) is 11.4. The average molecular weight is 211 g/mol. The van der Waals surface area contributed by atoms with E-state index in [2.05, 4.69) is 10.4 Å². The van der Waals surface area contributed by atoms with Gasteiger partial charge in [0.15, 0.2) is 0 Å². The predicted molar refractivity (Wildman–Crippen MR) is 56.6 cm³/mol. The van der Waals surface area contributed by atoms with Crippen LogP contribution in [0.5, 0.6) is 0 Å². The summed E-state index contributed by atoms with van der Waals surface area (Å²) in [5, 5.41) is 6.95. The highest BCUT2D eigenvalue weighted by Gasteiger charge is 2.05. The number of aryl methyl sites for hydroxylation is 2. The zero-order valence-electron chi connectivity index (χ0n) is 9.41. The minimum Gasteiger partial charge on any atom is -0.383 e. The molecule has 1 amide bonds. The molecule has 0 fully saturated rings. The number of hydrogen-bond acceptors (Lipinski definition) is 3. The van der Waals surface area contributed by atoms with Crippen LogP contribution in [-0.4, -0.2) is 35.9 Å². The van der Waals surface area contributed by atoms with Gasteiger partial charge in [0.2, 0.25) is 5.91 Å². The quantitative estimate of drug-likeness (QED) is 0.711. The molecule has 0 aliphatic heterocycles. The first-order chi connectivity index (χ1) is 7.13. The van der Waals surface area contributed by atoms with Gasteiger partial charge in [-0.15, -0.1) is 0 Å². The molecular weight excluding hydrogens is 194 g/mol. The van der Waals surface area contributed by atoms with Crippen molar-refractivity contribution in [2.45, 2.75) is 20.4 Å². The van der Waals surface area contributed by atoms with Gasteiger partial charge < -0.3 is 10.1 Å². The molecule has 1 N–H and O–H groups in total. The van der Waals surface area contributed by atoms with Crippen molar-refractivity contribution in [3.8, 4) is 0 Å². The van der Waals surface area contributed by atoms with Crippen molar-refractivity contribution in [1.82, 2.24) is 15.1 Å². The largest absolute Gasteiger partial charge is 0.383 e. The minimum atomic E-state index is -0.0433. The normalized spacial score (nSPS) is 10.3. The third-order valence-corrected chi connectivity index (χ3v) is 2.03. The molecule has 1 aromatic heterocycles. The topological polar surface area (TPSA) is 56.1 Å². The molecule has 0 aliphatic rings. The third kappa shape index (κ3) is 3.71. The van der Waals surface area contributed by atoms with Gasteiger partial charge in [0.05, 0.1) is 12.3 Å². The van der Waals surface area contributed by atoms with E-state index in [1.165, 1.54) is 0 Å². The van der Waals surface area contributed by atoms with Crippen molar-refractivity contribution in [1.29, 1.82) is 0 Å². The number of nitrogens with one attached hydrogen (secondary N) is 1. The molecule has 1 aromatic rings. The maximum atomic E-state index is 11.4. The van der Waals surface area contributed by atoms with Crippen LogP contribution in [0, 0.1) is 13.8 Å². The summed E-state index contributed by atoms with van der Waals surface area (Å²) in [6.45, 7) is 5.18. The average Bonchev–Trinajstić information content (AvgIpc) is 2.45. The lowest BCUT2D eigenvalue weighted by atomic mass is 10.4. The van der Waals surface area contributed by atoms with Crippen LogP contribution in [0.1, 0.15) is 11.4 Å². The zero-order chi connectivity index (χ0) is 11.3. The van der Waals surface area contributed by atoms with Crippen molar-refractivity contribution >= 4 is 5.91 Å². The molecule has 0 aliphatic carbocycles. The van der Waals surface area contributed by atoms with Gasteiger partial charge in [0.25, 0.3) is 0 Å². The molecule has 1 rings (SSSR count). The SMILES string of the molecule is COCCNC(=O)Cn1nc(C)cc1C. The Morgan fingerprint density at radius 3 is 2.87 bits per heavy atom. The Kier molecular flexibility index (Phi) is 4.30. The summed E-state index contributed by atoms with van der Waals surface area (Å²) in [5.41, 5.74) is 1.92. The lowest BCUT2D eigenvalue weighted by molar-refractivity contribution is -0.122. The first-order valence-electron chi connectivity index (χ1n) is 4.90. The molecule has 0 saturated heterocycles. The number of ether oxygens (including phenoxy) is 1.